The van der Waals surface area contributed by atoms with Crippen LogP contribution < -0.4 is 0 Å². The Morgan fingerprint density at radius 2 is 1.83 bits per heavy atom. The number of hydrogen-bond acceptors (Lipinski definition) is 5. The molecule has 2 aromatic rings. The van der Waals surface area contributed by atoms with Crippen LogP contribution in [-0.2, 0) is 22.4 Å². The average molecular weight is 327 g/mol. The monoisotopic (exact) mass is 327 g/mol. The van der Waals surface area contributed by atoms with Crippen molar-refractivity contribution in [3.8, 4) is 0 Å². The van der Waals surface area contributed by atoms with Crippen molar-refractivity contribution in [1.29, 1.82) is 0 Å². The molecule has 0 spiro atoms. The predicted molar refractivity (Wildman–Crippen MR) is 92.6 cm³/mol. The molecule has 2 atom stereocenters. The summed E-state index contributed by atoms with van der Waals surface area (Å²) in [5.74, 6) is 0. The third-order valence-electron chi connectivity index (χ3n) is 4.49. The summed E-state index contributed by atoms with van der Waals surface area (Å²) in [5, 5.41) is 0. The molecule has 1 aliphatic heterocycles. The van der Waals surface area contributed by atoms with E-state index in [4.69, 9.17) is 9.47 Å². The Balaban J connectivity index is 1.69. The molecule has 128 valence electrons. The van der Waals surface area contributed by atoms with Crippen molar-refractivity contribution in [3.05, 3.63) is 60.2 Å². The van der Waals surface area contributed by atoms with Gasteiger partial charge in [0.25, 0.3) is 0 Å². The fourth-order valence-corrected chi connectivity index (χ4v) is 3.31. The maximum atomic E-state index is 6.09. The summed E-state index contributed by atoms with van der Waals surface area (Å²) >= 11 is 0. The van der Waals surface area contributed by atoms with Crippen LogP contribution in [0.5, 0.6) is 0 Å². The maximum absolute atomic E-state index is 6.09. The number of ether oxygens (including phenoxy) is 2. The molecule has 0 unspecified atom stereocenters. The zero-order valence-corrected chi connectivity index (χ0v) is 14.2. The number of hydrogen-bond donors (Lipinski definition) is 0. The van der Waals surface area contributed by atoms with Gasteiger partial charge >= 0.3 is 0 Å². The SMILES string of the molecule is COCCO[C@@H]1CCN(Cc2cccnc2)[C@@H]1Cc1cccnc1. The lowest BCUT2D eigenvalue weighted by Gasteiger charge is -2.28. The summed E-state index contributed by atoms with van der Waals surface area (Å²) in [6.45, 7) is 3.23. The number of nitrogens with zero attached hydrogens (tertiary/aromatic N) is 3. The van der Waals surface area contributed by atoms with Crippen LogP contribution in [0.25, 0.3) is 0 Å². The van der Waals surface area contributed by atoms with Gasteiger partial charge in [-0.15, -0.1) is 0 Å². The molecule has 5 heteroatoms. The molecule has 5 nitrogen and oxygen atoms in total. The van der Waals surface area contributed by atoms with E-state index in [0.29, 0.717) is 19.3 Å². The van der Waals surface area contributed by atoms with E-state index < -0.39 is 0 Å². The molecule has 0 aromatic carbocycles. The van der Waals surface area contributed by atoms with E-state index in [1.165, 1.54) is 11.1 Å². The summed E-state index contributed by atoms with van der Waals surface area (Å²) in [6, 6.07) is 8.61. The summed E-state index contributed by atoms with van der Waals surface area (Å²) in [6.07, 6.45) is 9.76. The molecule has 0 N–H and O–H groups in total. The van der Waals surface area contributed by atoms with Crippen molar-refractivity contribution in [2.24, 2.45) is 0 Å². The Hall–Kier alpha value is -1.82. The van der Waals surface area contributed by atoms with Crippen molar-refractivity contribution in [2.75, 3.05) is 26.9 Å². The second-order valence-corrected chi connectivity index (χ2v) is 6.16. The van der Waals surface area contributed by atoms with Crippen LogP contribution in [0.15, 0.2) is 49.1 Å². The zero-order valence-electron chi connectivity index (χ0n) is 14.2. The second kappa shape index (κ2) is 8.87. The number of likely N-dealkylation sites (tertiary alicyclic amines) is 1. The Kier molecular flexibility index (Phi) is 6.29. The topological polar surface area (TPSA) is 47.5 Å². The molecule has 3 rings (SSSR count). The van der Waals surface area contributed by atoms with E-state index in [2.05, 4.69) is 27.0 Å². The molecule has 24 heavy (non-hydrogen) atoms. The summed E-state index contributed by atoms with van der Waals surface area (Å²) in [4.78, 5) is 11.0. The van der Waals surface area contributed by atoms with Gasteiger partial charge in [-0.3, -0.25) is 14.9 Å². The molecule has 0 bridgehead atoms. The molecule has 1 fully saturated rings. The Bertz CT molecular complexity index is 594. The predicted octanol–water partition coefficient (Wildman–Crippen LogP) is 2.33. The standard InChI is InChI=1S/C19H25N3O2/c1-23-10-11-24-19-6-9-22(15-17-5-3-8-21-14-17)18(19)12-16-4-2-7-20-13-16/h2-5,7-8,13-14,18-19H,6,9-12,15H2,1H3/t18-,19-/m1/s1. The van der Waals surface area contributed by atoms with E-state index in [0.717, 1.165) is 25.9 Å². The first-order chi connectivity index (χ1) is 11.9. The van der Waals surface area contributed by atoms with Crippen LogP contribution in [0.4, 0.5) is 0 Å². The van der Waals surface area contributed by atoms with Gasteiger partial charge in [0, 0.05) is 51.0 Å². The van der Waals surface area contributed by atoms with Crippen LogP contribution >= 0.6 is 0 Å². The van der Waals surface area contributed by atoms with E-state index in [1.807, 2.05) is 36.9 Å². The number of aromatic nitrogens is 2. The average Bonchev–Trinajstić information content (AvgIpc) is 2.99. The first-order valence-electron chi connectivity index (χ1n) is 8.49. The molecular weight excluding hydrogens is 302 g/mol. The number of methoxy groups -OCH3 is 1. The third-order valence-corrected chi connectivity index (χ3v) is 4.49. The first-order valence-corrected chi connectivity index (χ1v) is 8.49. The summed E-state index contributed by atoms with van der Waals surface area (Å²) in [5.41, 5.74) is 2.49. The smallest absolute Gasteiger partial charge is 0.0746 e. The summed E-state index contributed by atoms with van der Waals surface area (Å²) in [7, 11) is 1.71. The molecule has 1 saturated heterocycles. The van der Waals surface area contributed by atoms with Crippen LogP contribution in [0.1, 0.15) is 17.5 Å². The second-order valence-electron chi connectivity index (χ2n) is 6.16. The van der Waals surface area contributed by atoms with Crippen molar-refractivity contribution in [1.82, 2.24) is 14.9 Å². The van der Waals surface area contributed by atoms with E-state index >= 15 is 0 Å². The Labute approximate surface area is 143 Å². The fraction of sp³-hybridized carbons (Fsp3) is 0.474. The molecule has 0 radical (unpaired) electrons. The van der Waals surface area contributed by atoms with Gasteiger partial charge in [-0.25, -0.2) is 0 Å². The van der Waals surface area contributed by atoms with Gasteiger partial charge in [0.1, 0.15) is 0 Å². The maximum Gasteiger partial charge on any atom is 0.0746 e. The Morgan fingerprint density at radius 3 is 2.50 bits per heavy atom. The van der Waals surface area contributed by atoms with E-state index in [1.54, 1.807) is 7.11 Å². The number of rotatable bonds is 8. The van der Waals surface area contributed by atoms with Gasteiger partial charge in [0.15, 0.2) is 0 Å². The molecule has 1 aliphatic rings. The highest BCUT2D eigenvalue weighted by Crippen LogP contribution is 2.26. The minimum Gasteiger partial charge on any atom is -0.382 e. The van der Waals surface area contributed by atoms with Gasteiger partial charge in [0.2, 0.25) is 0 Å². The highest BCUT2D eigenvalue weighted by Gasteiger charge is 2.34. The minimum absolute atomic E-state index is 0.233. The van der Waals surface area contributed by atoms with Crippen LogP contribution in [0.2, 0.25) is 0 Å². The van der Waals surface area contributed by atoms with E-state index in [9.17, 15) is 0 Å². The van der Waals surface area contributed by atoms with Crippen LogP contribution in [0.3, 0.4) is 0 Å². The zero-order chi connectivity index (χ0) is 16.6. The molecule has 0 amide bonds. The molecule has 0 aliphatic carbocycles. The lowest BCUT2D eigenvalue weighted by atomic mass is 10.0. The molecule has 2 aromatic heterocycles. The Morgan fingerprint density at radius 1 is 1.08 bits per heavy atom. The van der Waals surface area contributed by atoms with Gasteiger partial charge < -0.3 is 9.47 Å². The molecule has 3 heterocycles. The summed E-state index contributed by atoms with van der Waals surface area (Å²) < 4.78 is 11.2. The van der Waals surface area contributed by atoms with Crippen molar-refractivity contribution >= 4 is 0 Å². The first kappa shape index (κ1) is 17.0. The molecule has 0 saturated carbocycles. The largest absolute Gasteiger partial charge is 0.382 e. The van der Waals surface area contributed by atoms with Crippen LogP contribution in [0, 0.1) is 0 Å². The van der Waals surface area contributed by atoms with Gasteiger partial charge in [-0.2, -0.15) is 0 Å². The van der Waals surface area contributed by atoms with Crippen LogP contribution in [-0.4, -0.2) is 53.9 Å². The van der Waals surface area contributed by atoms with Gasteiger partial charge in [-0.05, 0) is 36.1 Å². The quantitative estimate of drug-likeness (QED) is 0.697. The highest BCUT2D eigenvalue weighted by atomic mass is 16.5. The van der Waals surface area contributed by atoms with Crippen molar-refractivity contribution in [2.45, 2.75) is 31.5 Å². The van der Waals surface area contributed by atoms with Crippen molar-refractivity contribution < 1.29 is 9.47 Å². The number of pyridine rings is 2. The fourth-order valence-electron chi connectivity index (χ4n) is 3.31. The lowest BCUT2D eigenvalue weighted by molar-refractivity contribution is -0.00133. The highest BCUT2D eigenvalue weighted by molar-refractivity contribution is 5.14. The van der Waals surface area contributed by atoms with Gasteiger partial charge in [-0.1, -0.05) is 12.1 Å². The van der Waals surface area contributed by atoms with E-state index in [-0.39, 0.29) is 6.10 Å². The van der Waals surface area contributed by atoms with Gasteiger partial charge in [0.05, 0.1) is 19.3 Å². The minimum atomic E-state index is 0.233. The molecular formula is C19H25N3O2. The third kappa shape index (κ3) is 4.60. The lowest BCUT2D eigenvalue weighted by Crippen LogP contribution is -2.38. The normalized spacial score (nSPS) is 21.2. The van der Waals surface area contributed by atoms with Crippen molar-refractivity contribution in [3.63, 3.8) is 0 Å².